The Kier molecular flexibility index (Phi) is 8.26. The van der Waals surface area contributed by atoms with Crippen LogP contribution in [-0.2, 0) is 22.3 Å². The van der Waals surface area contributed by atoms with E-state index in [2.05, 4.69) is 33.6 Å². The minimum atomic E-state index is -0.670. The Morgan fingerprint density at radius 3 is 1.59 bits per heavy atom. The van der Waals surface area contributed by atoms with Crippen LogP contribution in [0.4, 0.5) is 0 Å². The molecule has 3 aromatic rings. The van der Waals surface area contributed by atoms with Gasteiger partial charge in [-0.15, -0.1) is 0 Å². The van der Waals surface area contributed by atoms with E-state index in [1.54, 1.807) is 19.9 Å². The molecule has 0 spiro atoms. The molecule has 0 aliphatic heterocycles. The van der Waals surface area contributed by atoms with Crippen molar-refractivity contribution in [3.05, 3.63) is 23.9 Å². The van der Waals surface area contributed by atoms with Gasteiger partial charge in [0.2, 0.25) is 0 Å². The van der Waals surface area contributed by atoms with Crippen molar-refractivity contribution in [1.29, 1.82) is 0 Å². The number of ether oxygens (including phenoxy) is 2. The molecule has 0 saturated heterocycles. The Hall–Kier alpha value is -2.88. The fraction of sp³-hybridized carbons (Fsp3) is 0.500. The first kappa shape index (κ1) is 23.8. The highest BCUT2D eigenvalue weighted by atomic mass is 16.5. The molecule has 32 heavy (non-hydrogen) atoms. The zero-order chi connectivity index (χ0) is 23.1. The fourth-order valence-electron chi connectivity index (χ4n) is 2.86. The summed E-state index contributed by atoms with van der Waals surface area (Å²) >= 11 is 0. The molecule has 1 aromatic carbocycles. The van der Waals surface area contributed by atoms with Crippen molar-refractivity contribution in [3.63, 3.8) is 0 Å². The second-order valence-corrected chi connectivity index (χ2v) is 7.46. The molecular formula is C24H28N2O6. The van der Waals surface area contributed by atoms with Crippen LogP contribution >= 0.6 is 0 Å². The topological polar surface area (TPSA) is 111 Å². The minimum absolute atomic E-state index is 0.281. The smallest absolute Gasteiger partial charge is 0.197 e. The van der Waals surface area contributed by atoms with Crippen LogP contribution in [0.3, 0.4) is 0 Å². The molecule has 0 bridgehead atoms. The summed E-state index contributed by atoms with van der Waals surface area (Å²) in [5.74, 6) is 12.1. The van der Waals surface area contributed by atoms with Gasteiger partial charge in [0.25, 0.3) is 0 Å². The van der Waals surface area contributed by atoms with Gasteiger partial charge in [-0.2, -0.15) is 0 Å². The van der Waals surface area contributed by atoms with Gasteiger partial charge in [-0.25, -0.2) is 9.97 Å². The monoisotopic (exact) mass is 440 g/mol. The van der Waals surface area contributed by atoms with Crippen LogP contribution in [0.1, 0.15) is 39.5 Å². The molecule has 0 fully saturated rings. The Labute approximate surface area is 186 Å². The molecule has 2 aromatic heterocycles. The summed E-state index contributed by atoms with van der Waals surface area (Å²) in [6.07, 6.45) is -0.896. The molecule has 0 aliphatic rings. The molecule has 4 atom stereocenters. The maximum absolute atomic E-state index is 9.18. The lowest BCUT2D eigenvalue weighted by Crippen LogP contribution is -2.09. The number of aromatic nitrogens is 2. The number of hydrogen-bond donors (Lipinski definition) is 2. The predicted molar refractivity (Wildman–Crippen MR) is 119 cm³/mol. The molecule has 2 heterocycles. The summed E-state index contributed by atoms with van der Waals surface area (Å²) in [4.78, 5) is 9.00. The quantitative estimate of drug-likeness (QED) is 0.514. The fourth-order valence-corrected chi connectivity index (χ4v) is 2.86. The van der Waals surface area contributed by atoms with E-state index in [0.717, 1.165) is 0 Å². The zero-order valence-corrected chi connectivity index (χ0v) is 18.7. The highest BCUT2D eigenvalue weighted by Gasteiger charge is 2.13. The second-order valence-electron chi connectivity index (χ2n) is 7.46. The third-order valence-electron chi connectivity index (χ3n) is 4.34. The van der Waals surface area contributed by atoms with Gasteiger partial charge in [0.1, 0.15) is 35.4 Å². The number of oxazole rings is 2. The van der Waals surface area contributed by atoms with Crippen molar-refractivity contribution in [3.8, 4) is 23.7 Å². The van der Waals surface area contributed by atoms with E-state index in [0.29, 0.717) is 60.0 Å². The van der Waals surface area contributed by atoms with Crippen LogP contribution in [0.25, 0.3) is 22.2 Å². The summed E-state index contributed by atoms with van der Waals surface area (Å²) in [5, 5.41) is 18.4. The number of rotatable bonds is 8. The number of hydrogen-bond acceptors (Lipinski definition) is 8. The van der Waals surface area contributed by atoms with Crippen molar-refractivity contribution in [2.75, 3.05) is 13.2 Å². The van der Waals surface area contributed by atoms with Crippen LogP contribution in [0.5, 0.6) is 0 Å². The third kappa shape index (κ3) is 7.08. The lowest BCUT2D eigenvalue weighted by atomic mass is 10.3. The maximum atomic E-state index is 9.18. The summed E-state index contributed by atoms with van der Waals surface area (Å²) in [6.45, 7) is 7.68. The van der Waals surface area contributed by atoms with Crippen LogP contribution in [0.15, 0.2) is 21.0 Å². The molecule has 0 radical (unpaired) electrons. The number of aliphatic hydroxyl groups excluding tert-OH is 2. The van der Waals surface area contributed by atoms with Gasteiger partial charge in [-0.05, 0) is 33.8 Å². The van der Waals surface area contributed by atoms with Gasteiger partial charge in [0, 0.05) is 18.9 Å². The molecule has 8 nitrogen and oxygen atoms in total. The van der Waals surface area contributed by atoms with E-state index in [-0.39, 0.29) is 12.2 Å². The second kappa shape index (κ2) is 11.1. The van der Waals surface area contributed by atoms with Gasteiger partial charge in [0.15, 0.2) is 22.9 Å². The van der Waals surface area contributed by atoms with E-state index >= 15 is 0 Å². The minimum Gasteiger partial charge on any atom is -0.440 e. The Morgan fingerprint density at radius 1 is 0.750 bits per heavy atom. The van der Waals surface area contributed by atoms with Gasteiger partial charge < -0.3 is 28.5 Å². The first-order valence-corrected chi connectivity index (χ1v) is 10.6. The van der Waals surface area contributed by atoms with E-state index in [4.69, 9.17) is 18.3 Å². The highest BCUT2D eigenvalue weighted by molar-refractivity contribution is 5.89. The number of aliphatic hydroxyl groups is 2. The van der Waals surface area contributed by atoms with Crippen LogP contribution in [0, 0.1) is 23.7 Å². The lowest BCUT2D eigenvalue weighted by Gasteiger charge is -2.05. The van der Waals surface area contributed by atoms with Crippen molar-refractivity contribution in [1.82, 2.24) is 9.97 Å². The van der Waals surface area contributed by atoms with Crippen molar-refractivity contribution < 1.29 is 28.5 Å². The van der Waals surface area contributed by atoms with Gasteiger partial charge in [-0.3, -0.25) is 0 Å². The Morgan fingerprint density at radius 2 is 1.19 bits per heavy atom. The van der Waals surface area contributed by atoms with E-state index in [9.17, 15) is 10.2 Å². The highest BCUT2D eigenvalue weighted by Crippen LogP contribution is 2.24. The Bertz CT molecular complexity index is 1020. The summed E-state index contributed by atoms with van der Waals surface area (Å²) in [5.41, 5.74) is 2.64. The van der Waals surface area contributed by atoms with Crippen LogP contribution in [0.2, 0.25) is 0 Å². The lowest BCUT2D eigenvalue weighted by molar-refractivity contribution is 0.102. The summed E-state index contributed by atoms with van der Waals surface area (Å²) in [7, 11) is 0. The Balaban J connectivity index is 1.56. The molecule has 4 unspecified atom stereocenters. The van der Waals surface area contributed by atoms with E-state index in [1.165, 1.54) is 0 Å². The first-order valence-electron chi connectivity index (χ1n) is 10.6. The molecule has 0 saturated carbocycles. The first-order chi connectivity index (χ1) is 15.3. The number of nitrogens with zero attached hydrogens (tertiary/aromatic N) is 2. The van der Waals surface area contributed by atoms with Gasteiger partial charge in [-0.1, -0.05) is 23.7 Å². The maximum Gasteiger partial charge on any atom is 0.197 e. The van der Waals surface area contributed by atoms with Gasteiger partial charge in [0.05, 0.1) is 13.2 Å². The molecule has 170 valence electrons. The molecular weight excluding hydrogens is 412 g/mol. The normalized spacial score (nSPS) is 14.9. The van der Waals surface area contributed by atoms with Gasteiger partial charge >= 0.3 is 0 Å². The SMILES string of the molecule is CC(O)C#CC(C)OCCc1nc2cc3nc(CCOC(C)C#CC(C)O)oc3cc2o1. The average Bonchev–Trinajstić information content (AvgIpc) is 3.30. The van der Waals surface area contributed by atoms with E-state index in [1.807, 2.05) is 19.9 Å². The molecule has 8 heteroatoms. The van der Waals surface area contributed by atoms with Crippen molar-refractivity contribution in [2.24, 2.45) is 0 Å². The largest absolute Gasteiger partial charge is 0.440 e. The van der Waals surface area contributed by atoms with Crippen LogP contribution in [-0.4, -0.2) is 57.8 Å². The average molecular weight is 440 g/mol. The van der Waals surface area contributed by atoms with Crippen LogP contribution < -0.4 is 0 Å². The summed E-state index contributed by atoms with van der Waals surface area (Å²) < 4.78 is 22.8. The molecule has 3 rings (SSSR count). The standard InChI is InChI=1S/C24H28N2O6/c1-15(27)5-7-17(3)29-11-9-23-25-19-13-20-22(14-21(19)31-23)32-24(26-20)10-12-30-18(4)8-6-16(2)28/h13-18,27-28H,9-12H2,1-4H3. The molecule has 0 amide bonds. The molecule has 0 aliphatic carbocycles. The van der Waals surface area contributed by atoms with Crippen molar-refractivity contribution in [2.45, 2.75) is 65.0 Å². The predicted octanol–water partition coefficient (Wildman–Crippen LogP) is 2.63. The summed E-state index contributed by atoms with van der Waals surface area (Å²) in [6, 6.07) is 3.62. The molecule has 2 N–H and O–H groups in total. The zero-order valence-electron chi connectivity index (χ0n) is 18.7. The number of benzene rings is 1. The van der Waals surface area contributed by atoms with Crippen molar-refractivity contribution >= 4 is 22.2 Å². The third-order valence-corrected chi connectivity index (χ3v) is 4.34. The van der Waals surface area contributed by atoms with E-state index < -0.39 is 12.2 Å². The number of fused-ring (bicyclic) bond motifs is 2.